The van der Waals surface area contributed by atoms with Crippen LogP contribution in [0.3, 0.4) is 0 Å². The van der Waals surface area contributed by atoms with Crippen LogP contribution in [0.2, 0.25) is 0 Å². The van der Waals surface area contributed by atoms with Crippen molar-refractivity contribution < 1.29 is 5.11 Å². The van der Waals surface area contributed by atoms with Crippen molar-refractivity contribution in [1.82, 2.24) is 4.90 Å². The van der Waals surface area contributed by atoms with Gasteiger partial charge in [-0.15, -0.1) is 12.3 Å². The predicted octanol–water partition coefficient (Wildman–Crippen LogP) is 2.03. The first kappa shape index (κ1) is 12.5. The molecule has 86 valence electrons. The number of unbranched alkanes of at least 4 members (excludes halogenated alkanes) is 1. The molecule has 0 aromatic carbocycles. The molecule has 0 atom stereocenters. The molecule has 0 unspecified atom stereocenters. The lowest BCUT2D eigenvalue weighted by Crippen LogP contribution is -2.46. The molecule has 1 aliphatic heterocycles. The molecule has 15 heavy (non-hydrogen) atoms. The highest BCUT2D eigenvalue weighted by molar-refractivity contribution is 4.89. The van der Waals surface area contributed by atoms with Crippen molar-refractivity contribution in [2.24, 2.45) is 0 Å². The minimum Gasteiger partial charge on any atom is -0.390 e. The zero-order valence-electron chi connectivity index (χ0n) is 10.00. The highest BCUT2D eigenvalue weighted by Crippen LogP contribution is 2.28. The summed E-state index contributed by atoms with van der Waals surface area (Å²) < 4.78 is 0. The van der Waals surface area contributed by atoms with Gasteiger partial charge in [0, 0.05) is 25.6 Å². The van der Waals surface area contributed by atoms with Crippen molar-refractivity contribution in [1.29, 1.82) is 0 Å². The minimum atomic E-state index is -0.442. The molecule has 0 radical (unpaired) electrons. The predicted molar refractivity (Wildman–Crippen MR) is 63.6 cm³/mol. The van der Waals surface area contributed by atoms with Crippen molar-refractivity contribution in [2.45, 2.75) is 57.6 Å². The molecule has 0 spiro atoms. The monoisotopic (exact) mass is 209 g/mol. The van der Waals surface area contributed by atoms with E-state index < -0.39 is 5.60 Å². The van der Waals surface area contributed by atoms with E-state index in [1.165, 1.54) is 0 Å². The average molecular weight is 209 g/mol. The molecule has 2 heteroatoms. The fourth-order valence-electron chi connectivity index (χ4n) is 2.23. The van der Waals surface area contributed by atoms with Crippen LogP contribution in [0.5, 0.6) is 0 Å². The van der Waals surface area contributed by atoms with Crippen molar-refractivity contribution in [2.75, 3.05) is 13.1 Å². The van der Waals surface area contributed by atoms with Crippen LogP contribution < -0.4 is 0 Å². The quantitative estimate of drug-likeness (QED) is 0.565. The molecule has 1 saturated heterocycles. The largest absolute Gasteiger partial charge is 0.390 e. The van der Waals surface area contributed by atoms with Crippen LogP contribution in [0, 0.1) is 12.3 Å². The molecular weight excluding hydrogens is 186 g/mol. The third-order valence-electron chi connectivity index (χ3n) is 3.42. The molecule has 1 aliphatic rings. The van der Waals surface area contributed by atoms with Crippen LogP contribution in [-0.4, -0.2) is 34.7 Å². The third-order valence-corrected chi connectivity index (χ3v) is 3.42. The van der Waals surface area contributed by atoms with Gasteiger partial charge in [0.25, 0.3) is 0 Å². The second-order valence-electron chi connectivity index (χ2n) is 4.91. The van der Waals surface area contributed by atoms with E-state index in [2.05, 4.69) is 24.7 Å². The van der Waals surface area contributed by atoms with Crippen LogP contribution in [0.1, 0.15) is 46.0 Å². The average Bonchev–Trinajstić information content (AvgIpc) is 2.18. The molecule has 2 nitrogen and oxygen atoms in total. The summed E-state index contributed by atoms with van der Waals surface area (Å²) >= 11 is 0. The van der Waals surface area contributed by atoms with Crippen LogP contribution in [0.15, 0.2) is 0 Å². The fourth-order valence-corrected chi connectivity index (χ4v) is 2.23. The number of rotatable bonds is 4. The van der Waals surface area contributed by atoms with E-state index in [0.717, 1.165) is 45.2 Å². The SMILES string of the molecule is C#CCCCC1(O)CCN(C(C)C)CC1. The summed E-state index contributed by atoms with van der Waals surface area (Å²) in [5.74, 6) is 2.63. The topological polar surface area (TPSA) is 23.5 Å². The molecule has 1 rings (SSSR count). The lowest BCUT2D eigenvalue weighted by Gasteiger charge is -2.40. The number of piperidine rings is 1. The molecule has 0 bridgehead atoms. The van der Waals surface area contributed by atoms with Crippen molar-refractivity contribution >= 4 is 0 Å². The Morgan fingerprint density at radius 3 is 2.47 bits per heavy atom. The fraction of sp³-hybridized carbons (Fsp3) is 0.846. The first-order valence-electron chi connectivity index (χ1n) is 5.97. The van der Waals surface area contributed by atoms with E-state index in [4.69, 9.17) is 6.42 Å². The van der Waals surface area contributed by atoms with Crippen molar-refractivity contribution in [3.8, 4) is 12.3 Å². The normalized spacial score (nSPS) is 21.5. The Morgan fingerprint density at radius 1 is 1.40 bits per heavy atom. The zero-order chi connectivity index (χ0) is 11.3. The van der Waals surface area contributed by atoms with Gasteiger partial charge in [-0.05, 0) is 39.5 Å². The smallest absolute Gasteiger partial charge is 0.0672 e. The molecule has 0 saturated carbocycles. The van der Waals surface area contributed by atoms with Gasteiger partial charge in [-0.25, -0.2) is 0 Å². The Morgan fingerprint density at radius 2 is 2.00 bits per heavy atom. The number of hydrogen-bond acceptors (Lipinski definition) is 2. The maximum Gasteiger partial charge on any atom is 0.0672 e. The summed E-state index contributed by atoms with van der Waals surface area (Å²) in [6, 6.07) is 0.597. The van der Waals surface area contributed by atoms with E-state index in [-0.39, 0.29) is 0 Å². The molecule has 0 aromatic rings. The Balaban J connectivity index is 2.31. The molecular formula is C13H23NO. The molecule has 0 aliphatic carbocycles. The standard InChI is InChI=1S/C13H23NO/c1-4-5-6-7-13(15)8-10-14(11-9-13)12(2)3/h1,12,15H,5-11H2,2-3H3. The highest BCUT2D eigenvalue weighted by atomic mass is 16.3. The van der Waals surface area contributed by atoms with Crippen molar-refractivity contribution in [3.63, 3.8) is 0 Å². The van der Waals surface area contributed by atoms with E-state index >= 15 is 0 Å². The number of likely N-dealkylation sites (tertiary alicyclic amines) is 1. The summed E-state index contributed by atoms with van der Waals surface area (Å²) in [6.07, 6.45) is 9.61. The lowest BCUT2D eigenvalue weighted by molar-refractivity contribution is -0.0346. The molecule has 0 amide bonds. The van der Waals surface area contributed by atoms with Crippen LogP contribution in [0.25, 0.3) is 0 Å². The molecule has 1 N–H and O–H groups in total. The Labute approximate surface area is 93.7 Å². The summed E-state index contributed by atoms with van der Waals surface area (Å²) in [5.41, 5.74) is -0.442. The van der Waals surface area contributed by atoms with Crippen LogP contribution >= 0.6 is 0 Å². The first-order chi connectivity index (χ1) is 7.07. The van der Waals surface area contributed by atoms with E-state index in [1.54, 1.807) is 0 Å². The Hall–Kier alpha value is -0.520. The van der Waals surface area contributed by atoms with Gasteiger partial charge < -0.3 is 10.0 Å². The first-order valence-corrected chi connectivity index (χ1v) is 5.97. The number of terminal acetylenes is 1. The molecule has 1 fully saturated rings. The summed E-state index contributed by atoms with van der Waals surface area (Å²) in [6.45, 7) is 6.46. The maximum absolute atomic E-state index is 10.3. The van der Waals surface area contributed by atoms with Gasteiger partial charge in [0.15, 0.2) is 0 Å². The van der Waals surface area contributed by atoms with Gasteiger partial charge in [-0.1, -0.05) is 0 Å². The minimum absolute atomic E-state index is 0.442. The molecule has 0 aromatic heterocycles. The number of aliphatic hydroxyl groups is 1. The van der Waals surface area contributed by atoms with Gasteiger partial charge in [0.2, 0.25) is 0 Å². The van der Waals surface area contributed by atoms with Gasteiger partial charge >= 0.3 is 0 Å². The van der Waals surface area contributed by atoms with Gasteiger partial charge in [-0.2, -0.15) is 0 Å². The number of nitrogens with zero attached hydrogens (tertiary/aromatic N) is 1. The van der Waals surface area contributed by atoms with Gasteiger partial charge in [-0.3, -0.25) is 0 Å². The van der Waals surface area contributed by atoms with E-state index in [0.29, 0.717) is 6.04 Å². The summed E-state index contributed by atoms with van der Waals surface area (Å²) in [7, 11) is 0. The third kappa shape index (κ3) is 3.85. The van der Waals surface area contributed by atoms with Crippen LogP contribution in [0.4, 0.5) is 0 Å². The highest BCUT2D eigenvalue weighted by Gasteiger charge is 2.32. The van der Waals surface area contributed by atoms with E-state index in [1.807, 2.05) is 0 Å². The van der Waals surface area contributed by atoms with Crippen molar-refractivity contribution in [3.05, 3.63) is 0 Å². The zero-order valence-corrected chi connectivity index (χ0v) is 10.00. The number of hydrogen-bond donors (Lipinski definition) is 1. The Bertz CT molecular complexity index is 221. The second kappa shape index (κ2) is 5.53. The second-order valence-corrected chi connectivity index (χ2v) is 4.91. The summed E-state index contributed by atoms with van der Waals surface area (Å²) in [4.78, 5) is 2.43. The Kier molecular flexibility index (Phi) is 4.63. The molecule has 1 heterocycles. The van der Waals surface area contributed by atoms with Gasteiger partial charge in [0.05, 0.1) is 5.60 Å². The van der Waals surface area contributed by atoms with E-state index in [9.17, 15) is 5.11 Å². The lowest BCUT2D eigenvalue weighted by atomic mass is 9.86. The summed E-state index contributed by atoms with van der Waals surface area (Å²) in [5, 5.41) is 10.3. The maximum atomic E-state index is 10.3. The van der Waals surface area contributed by atoms with Crippen LogP contribution in [-0.2, 0) is 0 Å². The van der Waals surface area contributed by atoms with Gasteiger partial charge in [0.1, 0.15) is 0 Å².